The first-order valence-corrected chi connectivity index (χ1v) is 12.3. The number of aromatic nitrogens is 2. The molecule has 6 rings (SSSR count). The third-order valence-corrected chi connectivity index (χ3v) is 8.29. The van der Waals surface area contributed by atoms with Gasteiger partial charge in [-0.1, -0.05) is 63.0 Å². The Kier molecular flexibility index (Phi) is 4.34. The predicted molar refractivity (Wildman–Crippen MR) is 140 cm³/mol. The molecule has 0 atom stereocenters. The molecule has 0 amide bonds. The van der Waals surface area contributed by atoms with Crippen molar-refractivity contribution < 1.29 is 8.98 Å². The summed E-state index contributed by atoms with van der Waals surface area (Å²) in [5.74, 6) is 0. The number of furan rings is 1. The van der Waals surface area contributed by atoms with Crippen molar-refractivity contribution in [2.24, 2.45) is 7.05 Å². The molecule has 5 aromatic rings. The van der Waals surface area contributed by atoms with E-state index in [9.17, 15) is 0 Å². The lowest BCUT2D eigenvalue weighted by Crippen LogP contribution is -2.43. The molecular formula is C31H33N2O+. The quantitative estimate of drug-likeness (QED) is 0.247. The minimum atomic E-state index is 0.0351. The highest BCUT2D eigenvalue weighted by Crippen LogP contribution is 2.49. The van der Waals surface area contributed by atoms with Crippen molar-refractivity contribution in [3.8, 4) is 11.3 Å². The fourth-order valence-corrected chi connectivity index (χ4v) is 6.03. The zero-order chi connectivity index (χ0) is 24.0. The second kappa shape index (κ2) is 6.91. The maximum Gasteiger partial charge on any atom is 0.286 e. The summed E-state index contributed by atoms with van der Waals surface area (Å²) in [6.45, 7) is 13.9. The summed E-state index contributed by atoms with van der Waals surface area (Å²) in [5.41, 5.74) is 9.67. The molecule has 1 aliphatic carbocycles. The van der Waals surface area contributed by atoms with Gasteiger partial charge in [-0.25, -0.2) is 4.57 Å². The minimum absolute atomic E-state index is 0.0351. The van der Waals surface area contributed by atoms with E-state index in [1.807, 2.05) is 6.33 Å². The molecule has 3 heteroatoms. The van der Waals surface area contributed by atoms with Gasteiger partial charge in [-0.3, -0.25) is 0 Å². The van der Waals surface area contributed by atoms with Crippen LogP contribution in [-0.4, -0.2) is 4.98 Å². The van der Waals surface area contributed by atoms with Gasteiger partial charge in [0.15, 0.2) is 5.69 Å². The first-order chi connectivity index (χ1) is 16.1. The molecule has 0 saturated heterocycles. The topological polar surface area (TPSA) is 29.9 Å². The lowest BCUT2D eigenvalue weighted by atomic mass is 9.64. The Hall–Kier alpha value is -3.20. The van der Waals surface area contributed by atoms with Gasteiger partial charge >= 0.3 is 0 Å². The van der Waals surface area contributed by atoms with Crippen molar-refractivity contribution in [2.75, 3.05) is 0 Å². The summed E-state index contributed by atoms with van der Waals surface area (Å²) >= 11 is 0. The van der Waals surface area contributed by atoms with E-state index in [4.69, 9.17) is 9.40 Å². The van der Waals surface area contributed by atoms with Crippen molar-refractivity contribution in [3.63, 3.8) is 0 Å². The van der Waals surface area contributed by atoms with Crippen LogP contribution >= 0.6 is 0 Å². The maximum atomic E-state index is 6.82. The van der Waals surface area contributed by atoms with Crippen LogP contribution in [0.25, 0.3) is 44.0 Å². The Bertz CT molecular complexity index is 1640. The molecule has 0 aliphatic heterocycles. The first-order valence-electron chi connectivity index (χ1n) is 12.3. The fourth-order valence-electron chi connectivity index (χ4n) is 6.03. The second-order valence-electron chi connectivity index (χ2n) is 11.5. The number of hydrogen-bond donors (Lipinski definition) is 0. The summed E-state index contributed by atoms with van der Waals surface area (Å²) in [6, 6.07) is 15.2. The van der Waals surface area contributed by atoms with Gasteiger partial charge in [0, 0.05) is 21.6 Å². The van der Waals surface area contributed by atoms with Crippen LogP contribution in [0.15, 0.2) is 53.2 Å². The van der Waals surface area contributed by atoms with Crippen molar-refractivity contribution in [3.05, 3.63) is 71.2 Å². The lowest BCUT2D eigenvalue weighted by molar-refractivity contribution is -0.664. The van der Waals surface area contributed by atoms with Crippen molar-refractivity contribution in [1.29, 1.82) is 0 Å². The van der Waals surface area contributed by atoms with Crippen LogP contribution in [0.4, 0.5) is 0 Å². The lowest BCUT2D eigenvalue weighted by Gasteiger charge is -2.39. The Morgan fingerprint density at radius 2 is 1.59 bits per heavy atom. The summed E-state index contributed by atoms with van der Waals surface area (Å²) in [6.07, 6.45) is 4.29. The molecule has 1 aliphatic rings. The van der Waals surface area contributed by atoms with Gasteiger partial charge in [-0.05, 0) is 60.7 Å². The molecular weight excluding hydrogens is 416 g/mol. The first kappa shape index (κ1) is 21.3. The number of fused-ring (bicyclic) bond motifs is 6. The SMILES string of the molecule is Cc1cc2c(oc3c4ccccc4ccc23)c(-c2c3c(nc[n+]2C)C(C)(C)CCC3(C)C)c1C. The summed E-state index contributed by atoms with van der Waals surface area (Å²) in [7, 11) is 2.13. The highest BCUT2D eigenvalue weighted by molar-refractivity contribution is 6.17. The second-order valence-corrected chi connectivity index (χ2v) is 11.5. The molecule has 0 unspecified atom stereocenters. The zero-order valence-electron chi connectivity index (χ0n) is 21.3. The minimum Gasteiger partial charge on any atom is -0.455 e. The monoisotopic (exact) mass is 449 g/mol. The van der Waals surface area contributed by atoms with E-state index in [2.05, 4.69) is 95.6 Å². The van der Waals surface area contributed by atoms with Gasteiger partial charge < -0.3 is 4.42 Å². The number of rotatable bonds is 1. The van der Waals surface area contributed by atoms with Gasteiger partial charge in [0.1, 0.15) is 16.9 Å². The van der Waals surface area contributed by atoms with Gasteiger partial charge in [-0.15, -0.1) is 0 Å². The molecule has 2 heterocycles. The molecule has 2 aromatic heterocycles. The molecule has 0 N–H and O–H groups in total. The normalized spacial score (nSPS) is 16.9. The number of hydrogen-bond acceptors (Lipinski definition) is 2. The number of nitrogens with zero attached hydrogens (tertiary/aromatic N) is 2. The van der Waals surface area contributed by atoms with Crippen molar-refractivity contribution in [2.45, 2.75) is 65.2 Å². The largest absolute Gasteiger partial charge is 0.455 e. The molecule has 0 spiro atoms. The smallest absolute Gasteiger partial charge is 0.286 e. The van der Waals surface area contributed by atoms with Crippen LogP contribution in [0.2, 0.25) is 0 Å². The highest BCUT2D eigenvalue weighted by Gasteiger charge is 2.45. The summed E-state index contributed by atoms with van der Waals surface area (Å²) in [5, 5.41) is 4.75. The van der Waals surface area contributed by atoms with Gasteiger partial charge in [0.05, 0.1) is 18.2 Å². The van der Waals surface area contributed by atoms with E-state index < -0.39 is 0 Å². The van der Waals surface area contributed by atoms with E-state index in [0.717, 1.165) is 24.0 Å². The van der Waals surface area contributed by atoms with E-state index in [-0.39, 0.29) is 10.8 Å². The average molecular weight is 450 g/mol. The van der Waals surface area contributed by atoms with Gasteiger partial charge in [0.25, 0.3) is 6.33 Å². The third-order valence-electron chi connectivity index (χ3n) is 8.29. The van der Waals surface area contributed by atoms with Gasteiger partial charge in [-0.2, -0.15) is 0 Å². The van der Waals surface area contributed by atoms with Crippen molar-refractivity contribution >= 4 is 32.7 Å². The molecule has 0 radical (unpaired) electrons. The Balaban J connectivity index is 1.81. The molecule has 0 bridgehead atoms. The number of benzene rings is 3. The zero-order valence-corrected chi connectivity index (χ0v) is 21.3. The molecule has 172 valence electrons. The van der Waals surface area contributed by atoms with Gasteiger partial charge in [0.2, 0.25) is 0 Å². The molecule has 0 fully saturated rings. The third kappa shape index (κ3) is 2.82. The fraction of sp³-hybridized carbons (Fsp3) is 0.355. The van der Waals surface area contributed by atoms with Crippen LogP contribution in [0.3, 0.4) is 0 Å². The molecule has 34 heavy (non-hydrogen) atoms. The number of aryl methyl sites for hydroxylation is 2. The van der Waals surface area contributed by atoms with Crippen LogP contribution in [0, 0.1) is 13.8 Å². The summed E-state index contributed by atoms with van der Waals surface area (Å²) < 4.78 is 9.04. The highest BCUT2D eigenvalue weighted by atomic mass is 16.3. The Morgan fingerprint density at radius 1 is 0.853 bits per heavy atom. The molecule has 0 saturated carbocycles. The predicted octanol–water partition coefficient (Wildman–Crippen LogP) is 7.59. The average Bonchev–Trinajstić information content (AvgIpc) is 3.16. The standard InChI is InChI=1S/C31H33N2O/c1-18-16-23-22-13-12-20-10-8-9-11-21(20)27(22)34-28(23)24(19(18)2)26-25-29(32-17-33(26)7)31(5,6)15-14-30(25,3)4/h8-13,16-17H,14-15H2,1-7H3/q+1. The van der Waals surface area contributed by atoms with Crippen LogP contribution in [0.5, 0.6) is 0 Å². The Morgan fingerprint density at radius 3 is 2.38 bits per heavy atom. The van der Waals surface area contributed by atoms with E-state index in [0.29, 0.717) is 0 Å². The van der Waals surface area contributed by atoms with E-state index >= 15 is 0 Å². The van der Waals surface area contributed by atoms with Crippen LogP contribution < -0.4 is 4.57 Å². The Labute approximate surface area is 201 Å². The summed E-state index contributed by atoms with van der Waals surface area (Å²) in [4.78, 5) is 5.00. The molecule has 3 aromatic carbocycles. The van der Waals surface area contributed by atoms with Crippen LogP contribution in [0.1, 0.15) is 62.9 Å². The van der Waals surface area contributed by atoms with Crippen molar-refractivity contribution in [1.82, 2.24) is 4.98 Å². The van der Waals surface area contributed by atoms with Crippen LogP contribution in [-0.2, 0) is 17.9 Å². The molecule has 3 nitrogen and oxygen atoms in total. The van der Waals surface area contributed by atoms with E-state index in [1.165, 1.54) is 55.2 Å². The maximum absolute atomic E-state index is 6.82. The van der Waals surface area contributed by atoms with E-state index in [1.54, 1.807) is 0 Å².